The van der Waals surface area contributed by atoms with Crippen molar-refractivity contribution in [3.8, 4) is 0 Å². The quantitative estimate of drug-likeness (QED) is 0.366. The summed E-state index contributed by atoms with van der Waals surface area (Å²) in [5.74, 6) is 0. The third kappa shape index (κ3) is 231. The van der Waals surface area contributed by atoms with Gasteiger partial charge in [-0.3, -0.25) is 0 Å². The molecule has 0 heterocycles. The minimum absolute atomic E-state index is 0. The van der Waals surface area contributed by atoms with Gasteiger partial charge < -0.3 is 4.70 Å². The third-order valence-electron chi connectivity index (χ3n) is 0. The first-order valence-electron chi connectivity index (χ1n) is 0.617. The number of rotatable bonds is 0. The van der Waals surface area contributed by atoms with E-state index >= 15 is 0 Å². The molecular weight excluding hydrogens is 204 g/mol. The van der Waals surface area contributed by atoms with E-state index in [0.29, 0.717) is 0 Å². The summed E-state index contributed by atoms with van der Waals surface area (Å²) in [7, 11) is 0. The van der Waals surface area contributed by atoms with E-state index in [-0.39, 0.29) is 40.1 Å². The van der Waals surface area contributed by atoms with Crippen LogP contribution in [0.5, 0.6) is 0 Å². The second-order valence-electron chi connectivity index (χ2n) is 0.378. The molecule has 0 unspecified atom stereocenters. The van der Waals surface area contributed by atoms with Crippen molar-refractivity contribution < 1.29 is 69.5 Å². The van der Waals surface area contributed by atoms with Gasteiger partial charge in [0.2, 0.25) is 0 Å². The Morgan fingerprint density at radius 2 is 1.12 bits per heavy atom. The molecule has 0 N–H and O–H groups in total. The zero-order valence-electron chi connectivity index (χ0n) is 3.71. The standard InChI is InChI=1S/FH.Li.Mn.Ni.4O/h1H;;;;;;;/q;+1;;+2;;;2*-1/p-1. The summed E-state index contributed by atoms with van der Waals surface area (Å²) in [6.45, 7) is 0. The normalized spacial score (nSPS) is 7.25. The molecular formula is FLiMnNiO4. The molecule has 0 amide bonds. The van der Waals surface area contributed by atoms with Crippen molar-refractivity contribution in [2.24, 2.45) is 0 Å². The van der Waals surface area contributed by atoms with Crippen LogP contribution in [0.2, 0.25) is 0 Å². The number of hydrogen-bond donors (Lipinski definition) is 0. The van der Waals surface area contributed by atoms with E-state index in [0.717, 1.165) is 0 Å². The van der Waals surface area contributed by atoms with E-state index in [2.05, 4.69) is 0 Å². The van der Waals surface area contributed by atoms with Crippen LogP contribution >= 0.6 is 0 Å². The van der Waals surface area contributed by atoms with Gasteiger partial charge in [-0.15, -0.1) is 0 Å². The number of hydrogen-bond acceptors (Lipinski definition) is 4. The van der Waals surface area contributed by atoms with Crippen molar-refractivity contribution in [1.29, 1.82) is 0 Å². The monoisotopic (exact) mass is 203 g/mol. The summed E-state index contributed by atoms with van der Waals surface area (Å²) in [5, 5.41) is 0. The predicted octanol–water partition coefficient (Wildman–Crippen LogP) is -8.61. The van der Waals surface area contributed by atoms with E-state index in [9.17, 15) is 0 Å². The van der Waals surface area contributed by atoms with Crippen LogP contribution in [0.25, 0.3) is 0 Å². The van der Waals surface area contributed by atoms with Gasteiger partial charge in [-0.25, -0.2) is 0 Å². The zero-order chi connectivity index (χ0) is 4.50. The fourth-order valence-corrected chi connectivity index (χ4v) is 0. The first kappa shape index (κ1) is 23.0. The fourth-order valence-electron chi connectivity index (χ4n) is 0. The van der Waals surface area contributed by atoms with Crippen LogP contribution in [-0.4, -0.2) is 0 Å². The van der Waals surface area contributed by atoms with Crippen molar-refractivity contribution in [1.82, 2.24) is 0 Å². The summed E-state index contributed by atoms with van der Waals surface area (Å²) in [6.07, 6.45) is 0. The van der Waals surface area contributed by atoms with Crippen LogP contribution in [0.3, 0.4) is 0 Å². The molecule has 0 rings (SSSR count). The van der Waals surface area contributed by atoms with Crippen molar-refractivity contribution >= 4 is 0 Å². The molecule has 0 aromatic heterocycles. The third-order valence-corrected chi connectivity index (χ3v) is 0. The maximum atomic E-state index is 8.58. The summed E-state index contributed by atoms with van der Waals surface area (Å²) < 4.78 is 34.3. The summed E-state index contributed by atoms with van der Waals surface area (Å²) >= 11 is -5.62. The van der Waals surface area contributed by atoms with Crippen LogP contribution in [0.1, 0.15) is 0 Å². The summed E-state index contributed by atoms with van der Waals surface area (Å²) in [6, 6.07) is 0. The molecule has 0 atom stereocenters. The van der Waals surface area contributed by atoms with Gasteiger partial charge in [0.25, 0.3) is 0 Å². The Kier molecular flexibility index (Phi) is 23.2. The topological polar surface area (TPSA) is 80.3 Å². The van der Waals surface area contributed by atoms with Gasteiger partial charge in [-0.2, -0.15) is 0 Å². The van der Waals surface area contributed by atoms with Gasteiger partial charge in [-0.05, 0) is 0 Å². The Labute approximate surface area is 69.4 Å². The molecule has 0 aliphatic rings. The average molecular weight is 204 g/mol. The Balaban J connectivity index is -0.0000000267. The van der Waals surface area contributed by atoms with Crippen LogP contribution in [0.15, 0.2) is 0 Å². The van der Waals surface area contributed by atoms with Crippen molar-refractivity contribution in [3.63, 3.8) is 0 Å². The molecule has 0 radical (unpaired) electrons. The molecule has 0 fully saturated rings. The summed E-state index contributed by atoms with van der Waals surface area (Å²) in [5.41, 5.74) is 0. The maximum absolute atomic E-state index is 8.58. The Hall–Kier alpha value is 1.06. The predicted molar refractivity (Wildman–Crippen MR) is 1.37 cm³/mol. The molecule has 0 bridgehead atoms. The minimum atomic E-state index is -5.62. The van der Waals surface area contributed by atoms with E-state index in [1.807, 2.05) is 0 Å². The van der Waals surface area contributed by atoms with Crippen LogP contribution in [0, 0.1) is 0 Å². The molecule has 0 saturated heterocycles. The van der Waals surface area contributed by atoms with E-state index in [1.54, 1.807) is 0 Å². The Morgan fingerprint density at radius 1 is 1.12 bits per heavy atom. The van der Waals surface area contributed by atoms with Crippen molar-refractivity contribution in [2.75, 3.05) is 0 Å². The zero-order valence-corrected chi connectivity index (χ0v) is 5.87. The van der Waals surface area contributed by atoms with E-state index in [1.165, 1.54) is 0 Å². The molecule has 8 heavy (non-hydrogen) atoms. The second-order valence-corrected chi connectivity index (χ2v) is 1.56. The first-order valence-corrected chi connectivity index (χ1v) is 2.54. The van der Waals surface area contributed by atoms with Crippen LogP contribution in [0.4, 0.5) is 0 Å². The van der Waals surface area contributed by atoms with Gasteiger partial charge >= 0.3 is 64.8 Å². The summed E-state index contributed by atoms with van der Waals surface area (Å²) in [4.78, 5) is 0. The van der Waals surface area contributed by atoms with Gasteiger partial charge in [-0.1, -0.05) is 0 Å². The molecule has 4 nitrogen and oxygen atoms in total. The van der Waals surface area contributed by atoms with Crippen LogP contribution in [-0.2, 0) is 37.5 Å². The fraction of sp³-hybridized carbons (Fsp3) is 0. The molecule has 0 spiro atoms. The van der Waals surface area contributed by atoms with Gasteiger partial charge in [0.05, 0.1) is 0 Å². The SMILES string of the molecule is [F-].[Li+].[Ni+2].[O]=[Mn](=[O])([O-])[O-]. The van der Waals surface area contributed by atoms with Crippen molar-refractivity contribution in [2.45, 2.75) is 0 Å². The average Bonchev–Trinajstić information content (AvgIpc) is 0.722. The molecule has 0 aromatic carbocycles. The molecule has 49 valence electrons. The molecule has 8 heteroatoms. The number of halogens is 1. The van der Waals surface area contributed by atoms with Gasteiger partial charge in [0.15, 0.2) is 0 Å². The molecule has 0 aromatic rings. The Morgan fingerprint density at radius 3 is 1.12 bits per heavy atom. The molecule has 0 saturated carbocycles. The van der Waals surface area contributed by atoms with E-state index in [4.69, 9.17) is 16.0 Å². The second kappa shape index (κ2) is 8.06. The van der Waals surface area contributed by atoms with Crippen molar-refractivity contribution in [3.05, 3.63) is 0 Å². The Bertz CT molecular complexity index is 99.2. The van der Waals surface area contributed by atoms with Crippen LogP contribution < -0.4 is 31.9 Å². The molecule has 0 aliphatic carbocycles. The van der Waals surface area contributed by atoms with Gasteiger partial charge in [0.1, 0.15) is 0 Å². The van der Waals surface area contributed by atoms with Gasteiger partial charge in [0, 0.05) is 0 Å². The molecule has 0 aliphatic heterocycles. The van der Waals surface area contributed by atoms with E-state index < -0.39 is 13.4 Å². The first-order chi connectivity index (χ1) is 2.00.